The van der Waals surface area contributed by atoms with Gasteiger partial charge in [-0.05, 0) is 41.4 Å². The van der Waals surface area contributed by atoms with Crippen molar-refractivity contribution in [3.05, 3.63) is 23.5 Å². The summed E-state index contributed by atoms with van der Waals surface area (Å²) in [5, 5.41) is 19.2. The molecule has 2 aromatic heterocycles. The number of rotatable bonds is 5. The molecule has 10 nitrogen and oxygen atoms in total. The summed E-state index contributed by atoms with van der Waals surface area (Å²) in [6, 6.07) is 0. The molecule has 2 heterocycles. The molecule has 1 atom stereocenters. The summed E-state index contributed by atoms with van der Waals surface area (Å²) >= 11 is 0. The van der Waals surface area contributed by atoms with Crippen LogP contribution < -0.4 is 11.2 Å². The predicted molar refractivity (Wildman–Crippen MR) is 90.2 cm³/mol. The van der Waals surface area contributed by atoms with Crippen LogP contribution in [0.25, 0.3) is 5.82 Å². The Morgan fingerprint density at radius 3 is 2.96 bits per heavy atom. The normalized spacial score (nSPS) is 17.5. The van der Waals surface area contributed by atoms with E-state index in [1.807, 2.05) is 13.8 Å². The minimum absolute atomic E-state index is 0.0562. The van der Waals surface area contributed by atoms with Gasteiger partial charge in [-0.1, -0.05) is 31.2 Å². The van der Waals surface area contributed by atoms with Crippen LogP contribution in [-0.2, 0) is 0 Å². The number of nitrogen functional groups attached to an aromatic ring is 1. The molecule has 0 aliphatic heterocycles. The highest BCUT2D eigenvalue weighted by Crippen LogP contribution is 2.22. The third-order valence-corrected chi connectivity index (χ3v) is 3.92. The smallest absolute Gasteiger partial charge is 0.293 e. The molecule has 0 spiro atoms. The van der Waals surface area contributed by atoms with Gasteiger partial charge in [-0.25, -0.2) is 10.1 Å². The van der Waals surface area contributed by atoms with Crippen molar-refractivity contribution in [3.63, 3.8) is 0 Å². The van der Waals surface area contributed by atoms with Crippen molar-refractivity contribution in [2.75, 3.05) is 5.73 Å². The lowest BCUT2D eigenvalue weighted by Crippen LogP contribution is -2.21. The van der Waals surface area contributed by atoms with E-state index in [0.717, 1.165) is 19.3 Å². The maximum Gasteiger partial charge on any atom is 0.293 e. The number of nitrogens with zero attached hydrogens (tertiary/aromatic N) is 6. The average molecular weight is 344 g/mol. The lowest BCUT2D eigenvalue weighted by atomic mass is 9.96. The molecule has 0 fully saturated rings. The van der Waals surface area contributed by atoms with Gasteiger partial charge in [0.15, 0.2) is 5.69 Å². The zero-order valence-corrected chi connectivity index (χ0v) is 14.1. The van der Waals surface area contributed by atoms with Crippen LogP contribution in [0.15, 0.2) is 21.9 Å². The quantitative estimate of drug-likeness (QED) is 0.475. The average Bonchev–Trinajstić information content (AvgIpc) is 3.21. The number of allylic oxidation sites excluding steroid dienone is 2. The van der Waals surface area contributed by atoms with Crippen LogP contribution in [0, 0.1) is 5.92 Å². The van der Waals surface area contributed by atoms with E-state index >= 15 is 0 Å². The molecular formula is C15H20N8O2. The highest BCUT2D eigenvalue weighted by molar-refractivity contribution is 5.93. The molecule has 1 aliphatic rings. The zero-order valence-electron chi connectivity index (χ0n) is 14.1. The first kappa shape index (κ1) is 16.8. The van der Waals surface area contributed by atoms with Gasteiger partial charge in [0.05, 0.1) is 5.69 Å². The maximum atomic E-state index is 12.4. The number of hydrazone groups is 1. The Hall–Kier alpha value is -3.04. The zero-order chi connectivity index (χ0) is 17.8. The molecule has 3 rings (SSSR count). The Balaban J connectivity index is 1.78. The van der Waals surface area contributed by atoms with Crippen LogP contribution in [0.4, 0.5) is 5.82 Å². The molecule has 1 aliphatic carbocycles. The first-order chi connectivity index (χ1) is 12.1. The van der Waals surface area contributed by atoms with E-state index < -0.39 is 5.91 Å². The molecule has 1 amide bonds. The van der Waals surface area contributed by atoms with Crippen molar-refractivity contribution in [2.24, 2.45) is 11.0 Å². The Bertz CT molecular complexity index is 804. The molecule has 0 unspecified atom stereocenters. The van der Waals surface area contributed by atoms with Crippen molar-refractivity contribution in [3.8, 4) is 5.82 Å². The van der Waals surface area contributed by atoms with E-state index in [1.54, 1.807) is 6.21 Å². The maximum absolute atomic E-state index is 12.4. The van der Waals surface area contributed by atoms with Gasteiger partial charge >= 0.3 is 0 Å². The van der Waals surface area contributed by atoms with E-state index in [4.69, 9.17) is 5.73 Å². The standard InChI is InChI=1S/C15H20N8O2/c1-9(2)12-11(18-22-23(12)14-13(16)20-25-21-14)15(24)19-17-8-10-6-4-3-5-7-10/h3-4,8-10H,5-7H2,1-2H3,(H2,16,20)(H,19,24)/b17-8-/t10-/m1/s1. The van der Waals surface area contributed by atoms with E-state index in [0.29, 0.717) is 11.6 Å². The van der Waals surface area contributed by atoms with Gasteiger partial charge in [-0.2, -0.15) is 9.78 Å². The fraction of sp³-hybridized carbons (Fsp3) is 0.467. The predicted octanol–water partition coefficient (Wildman–Crippen LogP) is 1.43. The summed E-state index contributed by atoms with van der Waals surface area (Å²) in [7, 11) is 0. The lowest BCUT2D eigenvalue weighted by Gasteiger charge is -2.11. The van der Waals surface area contributed by atoms with Crippen molar-refractivity contribution in [1.29, 1.82) is 0 Å². The number of aromatic nitrogens is 5. The summed E-state index contributed by atoms with van der Waals surface area (Å²) in [5.41, 5.74) is 8.94. The first-order valence-corrected chi connectivity index (χ1v) is 8.10. The minimum atomic E-state index is -0.437. The molecule has 3 N–H and O–H groups in total. The molecule has 132 valence electrons. The summed E-state index contributed by atoms with van der Waals surface area (Å²) < 4.78 is 5.96. The Morgan fingerprint density at radius 1 is 1.48 bits per heavy atom. The Morgan fingerprint density at radius 2 is 2.32 bits per heavy atom. The van der Waals surface area contributed by atoms with Crippen molar-refractivity contribution >= 4 is 17.9 Å². The van der Waals surface area contributed by atoms with Gasteiger partial charge in [0, 0.05) is 6.21 Å². The van der Waals surface area contributed by atoms with E-state index in [1.165, 1.54) is 4.68 Å². The third-order valence-electron chi connectivity index (χ3n) is 3.92. The second-order valence-electron chi connectivity index (χ2n) is 6.13. The summed E-state index contributed by atoms with van der Waals surface area (Å²) in [4.78, 5) is 12.4. The SMILES string of the molecule is CC(C)c1c(C(=O)N/N=C\[C@@H]2CC=CCC2)nnn1-c1nonc1N. The molecule has 2 aromatic rings. The van der Waals surface area contributed by atoms with Crippen molar-refractivity contribution < 1.29 is 9.42 Å². The molecule has 0 aromatic carbocycles. The second kappa shape index (κ2) is 7.24. The fourth-order valence-electron chi connectivity index (χ4n) is 2.67. The largest absolute Gasteiger partial charge is 0.378 e. The van der Waals surface area contributed by atoms with E-state index in [9.17, 15) is 4.79 Å². The van der Waals surface area contributed by atoms with Crippen molar-refractivity contribution in [1.82, 2.24) is 30.7 Å². The van der Waals surface area contributed by atoms with Gasteiger partial charge in [0.25, 0.3) is 5.91 Å². The molecule has 10 heteroatoms. The summed E-state index contributed by atoms with van der Waals surface area (Å²) in [6.45, 7) is 3.82. The van der Waals surface area contributed by atoms with Gasteiger partial charge in [0.2, 0.25) is 11.6 Å². The molecule has 0 bridgehead atoms. The van der Waals surface area contributed by atoms with Gasteiger partial charge in [0.1, 0.15) is 0 Å². The van der Waals surface area contributed by atoms with Crippen LogP contribution >= 0.6 is 0 Å². The molecule has 0 radical (unpaired) electrons. The van der Waals surface area contributed by atoms with E-state index in [2.05, 4.69) is 47.9 Å². The molecule has 0 saturated heterocycles. The Labute approximate surface area is 144 Å². The number of amides is 1. The highest BCUT2D eigenvalue weighted by atomic mass is 16.6. The monoisotopic (exact) mass is 344 g/mol. The van der Waals surface area contributed by atoms with Gasteiger partial charge in [-0.3, -0.25) is 4.79 Å². The number of nitrogens with one attached hydrogen (secondary N) is 1. The number of anilines is 1. The lowest BCUT2D eigenvalue weighted by molar-refractivity contribution is 0.0948. The fourth-order valence-corrected chi connectivity index (χ4v) is 2.67. The van der Waals surface area contributed by atoms with Crippen LogP contribution in [0.3, 0.4) is 0 Å². The van der Waals surface area contributed by atoms with Crippen LogP contribution in [0.1, 0.15) is 55.2 Å². The number of hydrogen-bond acceptors (Lipinski definition) is 8. The van der Waals surface area contributed by atoms with Gasteiger partial charge in [-0.15, -0.1) is 5.10 Å². The van der Waals surface area contributed by atoms with E-state index in [-0.39, 0.29) is 23.2 Å². The Kier molecular flexibility index (Phi) is 4.87. The molecule has 0 saturated carbocycles. The van der Waals surface area contributed by atoms with Crippen LogP contribution in [-0.4, -0.2) is 37.4 Å². The molecule has 25 heavy (non-hydrogen) atoms. The first-order valence-electron chi connectivity index (χ1n) is 8.10. The van der Waals surface area contributed by atoms with Crippen LogP contribution in [0.2, 0.25) is 0 Å². The van der Waals surface area contributed by atoms with Crippen LogP contribution in [0.5, 0.6) is 0 Å². The molecular weight excluding hydrogens is 324 g/mol. The van der Waals surface area contributed by atoms with Gasteiger partial charge < -0.3 is 5.73 Å². The number of nitrogens with two attached hydrogens (primary N) is 1. The highest BCUT2D eigenvalue weighted by Gasteiger charge is 2.25. The third kappa shape index (κ3) is 3.57. The second-order valence-corrected chi connectivity index (χ2v) is 6.13. The number of carbonyl (C=O) groups excluding carboxylic acids is 1. The summed E-state index contributed by atoms with van der Waals surface area (Å²) in [5.74, 6) is 0.119. The number of hydrogen-bond donors (Lipinski definition) is 2. The summed E-state index contributed by atoms with van der Waals surface area (Å²) in [6.07, 6.45) is 9.04. The van der Waals surface area contributed by atoms with Crippen molar-refractivity contribution in [2.45, 2.75) is 39.0 Å². The number of carbonyl (C=O) groups is 1. The minimum Gasteiger partial charge on any atom is -0.378 e. The topological polar surface area (TPSA) is 137 Å².